The Hall–Kier alpha value is -1.58. The fourth-order valence-electron chi connectivity index (χ4n) is 3.19. The normalized spacial score (nSPS) is 10.3. The molecule has 0 rings (SSSR count). The van der Waals surface area contributed by atoms with E-state index >= 15 is 0 Å². The number of carbonyl (C=O) groups is 2. The number of carbonyl (C=O) groups excluding carboxylic acids is 2. The summed E-state index contributed by atoms with van der Waals surface area (Å²) in [5, 5.41) is 5.60. The number of nitrogens with two attached hydrogens (primary N) is 2. The minimum absolute atomic E-state index is 0.124. The lowest BCUT2D eigenvalue weighted by atomic mass is 10.1. The van der Waals surface area contributed by atoms with Crippen LogP contribution in [0.4, 0.5) is 0 Å². The molecule has 0 unspecified atom stereocenters. The first kappa shape index (κ1) is 28.4. The van der Waals surface area contributed by atoms with Crippen molar-refractivity contribution in [3.05, 3.63) is 0 Å². The second-order valence-corrected chi connectivity index (χ2v) is 7.87. The van der Waals surface area contributed by atoms with Crippen molar-refractivity contribution in [1.82, 2.24) is 10.6 Å². The van der Waals surface area contributed by atoms with Crippen molar-refractivity contribution in [1.29, 1.82) is 0 Å². The van der Waals surface area contributed by atoms with Crippen molar-refractivity contribution in [3.8, 4) is 11.8 Å². The molecule has 2 amide bonds. The summed E-state index contributed by atoms with van der Waals surface area (Å²) in [6.07, 6.45) is 17.2. The van der Waals surface area contributed by atoms with Gasteiger partial charge in [-0.1, -0.05) is 51.4 Å². The first-order valence-electron chi connectivity index (χ1n) is 12.1. The summed E-state index contributed by atoms with van der Waals surface area (Å²) in [6.45, 7) is 2.18. The maximum atomic E-state index is 11.4. The second kappa shape index (κ2) is 23.7. The van der Waals surface area contributed by atoms with Gasteiger partial charge in [0.15, 0.2) is 0 Å². The van der Waals surface area contributed by atoms with Crippen LogP contribution in [-0.4, -0.2) is 38.0 Å². The first-order valence-corrected chi connectivity index (χ1v) is 12.1. The third-order valence-electron chi connectivity index (χ3n) is 4.97. The quantitative estimate of drug-likeness (QED) is 0.178. The van der Waals surface area contributed by atoms with Crippen LogP contribution in [-0.2, 0) is 9.59 Å². The summed E-state index contributed by atoms with van der Waals surface area (Å²) < 4.78 is 0. The van der Waals surface area contributed by atoms with Crippen molar-refractivity contribution in [2.75, 3.05) is 26.2 Å². The van der Waals surface area contributed by atoms with Gasteiger partial charge in [-0.2, -0.15) is 0 Å². The Kier molecular flexibility index (Phi) is 22.4. The molecule has 6 N–H and O–H groups in total. The molecule has 0 saturated heterocycles. The van der Waals surface area contributed by atoms with Gasteiger partial charge in [0.05, 0.1) is 0 Å². The summed E-state index contributed by atoms with van der Waals surface area (Å²) in [7, 11) is 0. The average Bonchev–Trinajstić information content (AvgIpc) is 2.75. The van der Waals surface area contributed by atoms with Crippen LogP contribution in [0.15, 0.2) is 0 Å². The lowest BCUT2D eigenvalue weighted by molar-refractivity contribution is -0.122. The minimum atomic E-state index is 0.124. The lowest BCUT2D eigenvalue weighted by Gasteiger charge is -2.03. The molecule has 30 heavy (non-hydrogen) atoms. The van der Waals surface area contributed by atoms with Gasteiger partial charge in [-0.05, 0) is 25.7 Å². The number of unbranched alkanes of at least 4 members (excludes halogenated alkanes) is 12. The van der Waals surface area contributed by atoms with E-state index in [1.165, 1.54) is 51.4 Å². The maximum absolute atomic E-state index is 11.4. The van der Waals surface area contributed by atoms with E-state index in [1.807, 2.05) is 0 Å². The molecule has 0 aromatic carbocycles. The third kappa shape index (κ3) is 22.7. The molecule has 6 heteroatoms. The predicted molar refractivity (Wildman–Crippen MR) is 126 cm³/mol. The summed E-state index contributed by atoms with van der Waals surface area (Å²) in [4.78, 5) is 22.8. The van der Waals surface area contributed by atoms with Gasteiger partial charge in [-0.25, -0.2) is 0 Å². The van der Waals surface area contributed by atoms with Gasteiger partial charge in [-0.15, -0.1) is 11.8 Å². The average molecular weight is 423 g/mol. The van der Waals surface area contributed by atoms with E-state index in [1.54, 1.807) is 0 Å². The van der Waals surface area contributed by atoms with Gasteiger partial charge in [0.2, 0.25) is 11.8 Å². The van der Waals surface area contributed by atoms with Crippen molar-refractivity contribution >= 4 is 11.8 Å². The monoisotopic (exact) mass is 422 g/mol. The van der Waals surface area contributed by atoms with E-state index in [2.05, 4.69) is 22.5 Å². The molecule has 0 aromatic rings. The SMILES string of the molecule is NCCNC(=O)CCCCCCCCC#CCCCCCCCCC(=O)NCCN. The van der Waals surface area contributed by atoms with Crippen LogP contribution < -0.4 is 22.1 Å². The molecule has 0 fully saturated rings. The highest BCUT2D eigenvalue weighted by molar-refractivity contribution is 5.76. The molecule has 0 aromatic heterocycles. The Balaban J connectivity index is 3.24. The van der Waals surface area contributed by atoms with Crippen molar-refractivity contribution in [3.63, 3.8) is 0 Å². The largest absolute Gasteiger partial charge is 0.355 e. The molecule has 0 aliphatic rings. The van der Waals surface area contributed by atoms with Gasteiger partial charge < -0.3 is 22.1 Å². The van der Waals surface area contributed by atoms with Crippen LogP contribution >= 0.6 is 0 Å². The summed E-state index contributed by atoms with van der Waals surface area (Å²) in [5.74, 6) is 6.84. The fourth-order valence-corrected chi connectivity index (χ4v) is 3.19. The van der Waals surface area contributed by atoms with Crippen molar-refractivity contribution < 1.29 is 9.59 Å². The topological polar surface area (TPSA) is 110 Å². The molecule has 6 nitrogen and oxygen atoms in total. The van der Waals surface area contributed by atoms with Crippen LogP contribution in [0.5, 0.6) is 0 Å². The Bertz CT molecular complexity index is 432. The number of hydrogen-bond donors (Lipinski definition) is 4. The molecule has 0 radical (unpaired) electrons. The minimum Gasteiger partial charge on any atom is -0.355 e. The summed E-state index contributed by atoms with van der Waals surface area (Å²) in [6, 6.07) is 0. The van der Waals surface area contributed by atoms with E-state index in [0.29, 0.717) is 39.0 Å². The maximum Gasteiger partial charge on any atom is 0.220 e. The van der Waals surface area contributed by atoms with Crippen LogP contribution in [0, 0.1) is 11.8 Å². The van der Waals surface area contributed by atoms with E-state index in [4.69, 9.17) is 11.5 Å². The molecular weight excluding hydrogens is 376 g/mol. The molecule has 0 aliphatic carbocycles. The van der Waals surface area contributed by atoms with Crippen LogP contribution in [0.25, 0.3) is 0 Å². The van der Waals surface area contributed by atoms with Crippen LogP contribution in [0.2, 0.25) is 0 Å². The number of amides is 2. The molecule has 174 valence electrons. The Morgan fingerprint density at radius 1 is 0.533 bits per heavy atom. The number of hydrogen-bond acceptors (Lipinski definition) is 4. The fraction of sp³-hybridized carbons (Fsp3) is 0.833. The lowest BCUT2D eigenvalue weighted by Crippen LogP contribution is -2.28. The second-order valence-electron chi connectivity index (χ2n) is 7.87. The van der Waals surface area contributed by atoms with E-state index < -0.39 is 0 Å². The Morgan fingerprint density at radius 2 is 0.867 bits per heavy atom. The standard InChI is InChI=1S/C24H46N4O2/c25-19-21-27-23(29)17-15-13-11-9-7-5-3-1-2-4-6-8-10-12-14-16-18-24(30)28-22-20-26/h3-22,25-26H2,(H,27,29)(H,28,30). The summed E-state index contributed by atoms with van der Waals surface area (Å²) in [5.41, 5.74) is 10.7. The molecule has 0 aliphatic heterocycles. The highest BCUT2D eigenvalue weighted by Crippen LogP contribution is 2.09. The zero-order valence-corrected chi connectivity index (χ0v) is 19.1. The molecule has 0 atom stereocenters. The Labute approximate surface area is 184 Å². The molecule has 0 bridgehead atoms. The smallest absolute Gasteiger partial charge is 0.220 e. The first-order chi connectivity index (χ1) is 14.7. The Morgan fingerprint density at radius 3 is 1.23 bits per heavy atom. The zero-order valence-electron chi connectivity index (χ0n) is 19.1. The highest BCUT2D eigenvalue weighted by atomic mass is 16.2. The number of nitrogens with one attached hydrogen (secondary N) is 2. The van der Waals surface area contributed by atoms with E-state index in [-0.39, 0.29) is 11.8 Å². The van der Waals surface area contributed by atoms with Gasteiger partial charge in [0.1, 0.15) is 0 Å². The molecule has 0 spiro atoms. The molecule has 0 heterocycles. The van der Waals surface area contributed by atoms with E-state index in [0.717, 1.165) is 38.5 Å². The van der Waals surface area contributed by atoms with Gasteiger partial charge in [0, 0.05) is 51.9 Å². The van der Waals surface area contributed by atoms with Gasteiger partial charge in [0.25, 0.3) is 0 Å². The van der Waals surface area contributed by atoms with E-state index in [9.17, 15) is 9.59 Å². The predicted octanol–water partition coefficient (Wildman–Crippen LogP) is 3.38. The number of rotatable bonds is 20. The van der Waals surface area contributed by atoms with Gasteiger partial charge >= 0.3 is 0 Å². The van der Waals surface area contributed by atoms with Crippen LogP contribution in [0.1, 0.15) is 103 Å². The molecule has 0 saturated carbocycles. The third-order valence-corrected chi connectivity index (χ3v) is 4.97. The van der Waals surface area contributed by atoms with Crippen molar-refractivity contribution in [2.45, 2.75) is 103 Å². The summed E-state index contributed by atoms with van der Waals surface area (Å²) >= 11 is 0. The molecular formula is C24H46N4O2. The van der Waals surface area contributed by atoms with Gasteiger partial charge in [-0.3, -0.25) is 9.59 Å². The van der Waals surface area contributed by atoms with Crippen LogP contribution in [0.3, 0.4) is 0 Å². The zero-order chi connectivity index (χ0) is 22.1. The highest BCUT2D eigenvalue weighted by Gasteiger charge is 2.00. The van der Waals surface area contributed by atoms with Crippen molar-refractivity contribution in [2.24, 2.45) is 11.5 Å².